The van der Waals surface area contributed by atoms with Crippen molar-refractivity contribution in [3.05, 3.63) is 0 Å². The van der Waals surface area contributed by atoms with Gasteiger partial charge < -0.3 is 10.3 Å². The SMILES string of the molecule is NC(CS(=O)(=O)[O-])C1CCCCC1.[Na+]. The summed E-state index contributed by atoms with van der Waals surface area (Å²) in [6.07, 6.45) is 5.36. The summed E-state index contributed by atoms with van der Waals surface area (Å²) in [5.41, 5.74) is 5.66. The van der Waals surface area contributed by atoms with Crippen LogP contribution in [0, 0.1) is 5.92 Å². The summed E-state index contributed by atoms with van der Waals surface area (Å²) in [5, 5.41) is 0. The van der Waals surface area contributed by atoms with Gasteiger partial charge in [-0.15, -0.1) is 0 Å². The zero-order valence-corrected chi connectivity index (χ0v) is 11.4. The molecule has 0 heterocycles. The minimum Gasteiger partial charge on any atom is -0.748 e. The monoisotopic (exact) mass is 229 g/mol. The number of hydrogen-bond acceptors (Lipinski definition) is 4. The standard InChI is InChI=1S/C8H17NO3S.Na/c9-8(6-13(10,11)12)7-4-2-1-3-5-7;/h7-8H,1-6,9H2,(H,10,11,12);/q;+1/p-1. The molecule has 0 aromatic heterocycles. The molecular weight excluding hydrogens is 213 g/mol. The van der Waals surface area contributed by atoms with E-state index in [0.717, 1.165) is 25.7 Å². The van der Waals surface area contributed by atoms with E-state index in [1.54, 1.807) is 0 Å². The first-order valence-electron chi connectivity index (χ1n) is 4.68. The van der Waals surface area contributed by atoms with E-state index < -0.39 is 21.9 Å². The van der Waals surface area contributed by atoms with Gasteiger partial charge in [0.1, 0.15) is 0 Å². The molecule has 1 saturated carbocycles. The van der Waals surface area contributed by atoms with Crippen LogP contribution in [0.25, 0.3) is 0 Å². The van der Waals surface area contributed by atoms with E-state index in [9.17, 15) is 13.0 Å². The van der Waals surface area contributed by atoms with E-state index in [1.165, 1.54) is 6.42 Å². The van der Waals surface area contributed by atoms with Crippen molar-refractivity contribution < 1.29 is 42.5 Å². The van der Waals surface area contributed by atoms with Gasteiger partial charge in [-0.1, -0.05) is 19.3 Å². The van der Waals surface area contributed by atoms with Crippen LogP contribution < -0.4 is 35.3 Å². The van der Waals surface area contributed by atoms with Crippen molar-refractivity contribution in [2.75, 3.05) is 5.75 Å². The van der Waals surface area contributed by atoms with Crippen LogP contribution in [0.5, 0.6) is 0 Å². The zero-order valence-electron chi connectivity index (χ0n) is 8.61. The number of nitrogens with two attached hydrogens (primary N) is 1. The molecule has 14 heavy (non-hydrogen) atoms. The van der Waals surface area contributed by atoms with E-state index in [0.29, 0.717) is 0 Å². The fourth-order valence-electron chi connectivity index (χ4n) is 1.93. The molecule has 0 spiro atoms. The largest absolute Gasteiger partial charge is 1.00 e. The maximum atomic E-state index is 10.4. The van der Waals surface area contributed by atoms with Crippen molar-refractivity contribution in [1.29, 1.82) is 0 Å². The van der Waals surface area contributed by atoms with Gasteiger partial charge in [-0.25, -0.2) is 8.42 Å². The molecule has 0 aromatic carbocycles. The summed E-state index contributed by atoms with van der Waals surface area (Å²) in [6, 6.07) is -0.456. The third kappa shape index (κ3) is 5.68. The Morgan fingerprint density at radius 3 is 2.21 bits per heavy atom. The first-order chi connectivity index (χ1) is 5.99. The second-order valence-electron chi connectivity index (χ2n) is 3.79. The first-order valence-corrected chi connectivity index (χ1v) is 6.26. The van der Waals surface area contributed by atoms with E-state index in [2.05, 4.69) is 0 Å². The molecule has 1 aliphatic carbocycles. The van der Waals surface area contributed by atoms with Gasteiger partial charge >= 0.3 is 29.6 Å². The van der Waals surface area contributed by atoms with E-state index in [-0.39, 0.29) is 35.5 Å². The van der Waals surface area contributed by atoms with E-state index in [1.807, 2.05) is 0 Å². The molecular formula is C8H16NNaO3S. The molecule has 0 aliphatic heterocycles. The molecule has 1 unspecified atom stereocenters. The Balaban J connectivity index is 0.00000169. The smallest absolute Gasteiger partial charge is 0.748 e. The fourth-order valence-corrected chi connectivity index (χ4v) is 2.68. The molecule has 0 aromatic rings. The summed E-state index contributed by atoms with van der Waals surface area (Å²) in [6.45, 7) is 0. The summed E-state index contributed by atoms with van der Waals surface area (Å²) in [7, 11) is -4.15. The van der Waals surface area contributed by atoms with Gasteiger partial charge in [0.15, 0.2) is 0 Å². The zero-order chi connectivity index (χ0) is 9.90. The van der Waals surface area contributed by atoms with Crippen molar-refractivity contribution in [2.24, 2.45) is 11.7 Å². The predicted octanol–water partition coefficient (Wildman–Crippen LogP) is -2.56. The average molecular weight is 229 g/mol. The molecule has 0 radical (unpaired) electrons. The van der Waals surface area contributed by atoms with Crippen LogP contribution in [0.2, 0.25) is 0 Å². The summed E-state index contributed by atoms with van der Waals surface area (Å²) >= 11 is 0. The quantitative estimate of drug-likeness (QED) is 0.426. The Labute approximate surface area is 108 Å². The van der Waals surface area contributed by atoms with Crippen molar-refractivity contribution in [3.8, 4) is 0 Å². The van der Waals surface area contributed by atoms with Crippen LogP contribution >= 0.6 is 0 Å². The summed E-state index contributed by atoms with van der Waals surface area (Å²) in [5.74, 6) is -0.171. The Bertz CT molecular complexity index is 249. The second kappa shape index (κ2) is 6.45. The third-order valence-corrected chi connectivity index (χ3v) is 3.45. The molecule has 4 nitrogen and oxygen atoms in total. The fraction of sp³-hybridized carbons (Fsp3) is 1.00. The topological polar surface area (TPSA) is 83.2 Å². The molecule has 0 amide bonds. The predicted molar refractivity (Wildman–Crippen MR) is 49.1 cm³/mol. The van der Waals surface area contributed by atoms with Crippen LogP contribution in [0.4, 0.5) is 0 Å². The molecule has 2 N–H and O–H groups in total. The molecule has 1 fully saturated rings. The van der Waals surface area contributed by atoms with Gasteiger partial charge in [-0.05, 0) is 18.8 Å². The summed E-state index contributed by atoms with van der Waals surface area (Å²) in [4.78, 5) is 0. The molecule has 0 saturated heterocycles. The van der Waals surface area contributed by atoms with Crippen LogP contribution in [-0.2, 0) is 10.1 Å². The van der Waals surface area contributed by atoms with Gasteiger partial charge in [-0.2, -0.15) is 0 Å². The van der Waals surface area contributed by atoms with Crippen molar-refractivity contribution in [3.63, 3.8) is 0 Å². The van der Waals surface area contributed by atoms with Crippen LogP contribution in [0.1, 0.15) is 32.1 Å². The Hall–Kier alpha value is 0.870. The molecule has 0 bridgehead atoms. The van der Waals surface area contributed by atoms with Gasteiger partial charge in [0.25, 0.3) is 0 Å². The van der Waals surface area contributed by atoms with Crippen molar-refractivity contribution in [2.45, 2.75) is 38.1 Å². The summed E-state index contributed by atoms with van der Waals surface area (Å²) < 4.78 is 31.3. The number of hydrogen-bond donors (Lipinski definition) is 1. The minimum absolute atomic E-state index is 0. The molecule has 6 heteroatoms. The molecule has 1 atom stereocenters. The van der Waals surface area contributed by atoms with Crippen LogP contribution in [0.3, 0.4) is 0 Å². The third-order valence-electron chi connectivity index (χ3n) is 2.65. The molecule has 78 valence electrons. The van der Waals surface area contributed by atoms with Gasteiger partial charge in [0.2, 0.25) is 0 Å². The van der Waals surface area contributed by atoms with Gasteiger partial charge in [0.05, 0.1) is 15.9 Å². The van der Waals surface area contributed by atoms with Crippen LogP contribution in [-0.4, -0.2) is 24.8 Å². The normalized spacial score (nSPS) is 21.3. The maximum absolute atomic E-state index is 10.4. The Morgan fingerprint density at radius 1 is 1.29 bits per heavy atom. The Morgan fingerprint density at radius 2 is 1.79 bits per heavy atom. The maximum Gasteiger partial charge on any atom is 1.00 e. The van der Waals surface area contributed by atoms with Crippen molar-refractivity contribution in [1.82, 2.24) is 0 Å². The van der Waals surface area contributed by atoms with Gasteiger partial charge in [0, 0.05) is 6.04 Å². The van der Waals surface area contributed by atoms with Gasteiger partial charge in [-0.3, -0.25) is 0 Å². The number of rotatable bonds is 3. The van der Waals surface area contributed by atoms with Crippen LogP contribution in [0.15, 0.2) is 0 Å². The Kier molecular flexibility index (Phi) is 6.85. The average Bonchev–Trinajstić information content (AvgIpc) is 2.03. The molecule has 1 aliphatic rings. The first kappa shape index (κ1) is 14.9. The van der Waals surface area contributed by atoms with E-state index >= 15 is 0 Å². The molecule has 1 rings (SSSR count). The second-order valence-corrected chi connectivity index (χ2v) is 5.23. The van der Waals surface area contributed by atoms with E-state index in [4.69, 9.17) is 5.73 Å². The van der Waals surface area contributed by atoms with Crippen molar-refractivity contribution >= 4 is 10.1 Å². The minimum atomic E-state index is -4.15.